The van der Waals surface area contributed by atoms with Gasteiger partial charge in [0.05, 0.1) is 58.3 Å². The van der Waals surface area contributed by atoms with Crippen LogP contribution in [-0.2, 0) is 57.4 Å². The first-order valence-corrected chi connectivity index (χ1v) is 54.5. The molecule has 122 heavy (non-hydrogen) atoms. The first-order valence-electron chi connectivity index (χ1n) is 39.3. The van der Waals surface area contributed by atoms with Gasteiger partial charge in [0.25, 0.3) is 27.8 Å². The van der Waals surface area contributed by atoms with E-state index in [0.29, 0.717) is 51.7 Å². The number of aliphatic hydroxyl groups excluding tert-OH is 10. The Kier molecular flexibility index (Phi) is 43.4. The Hall–Kier alpha value is -5.96. The Balaban J connectivity index is 0.000000513. The molecule has 0 bridgehead atoms. The highest BCUT2D eigenvalue weighted by atomic mass is 31.2. The summed E-state index contributed by atoms with van der Waals surface area (Å²) in [6.45, 7) is 25.0. The number of nitrogens with zero attached hydrogens (tertiary/aromatic N) is 6. The molecule has 10 rings (SSSR count). The third kappa shape index (κ3) is 30.4. The van der Waals surface area contributed by atoms with Crippen LogP contribution in [0.2, 0.25) is 0 Å². The van der Waals surface area contributed by atoms with Crippen molar-refractivity contribution < 1.29 is 74.7 Å². The van der Waals surface area contributed by atoms with Gasteiger partial charge in [0.2, 0.25) is 0 Å². The van der Waals surface area contributed by atoms with Gasteiger partial charge < -0.3 is 93.0 Å². The van der Waals surface area contributed by atoms with Crippen molar-refractivity contribution in [3.05, 3.63) is 170 Å². The molecule has 40 heteroatoms. The molecule has 698 valence electrons. The first-order chi connectivity index (χ1) is 54.6. The van der Waals surface area contributed by atoms with Crippen molar-refractivity contribution in [1.29, 1.82) is 0 Å². The third-order valence-corrected chi connectivity index (χ3v) is 28.1. The molecular weight excluding hydrogens is 1680 g/mol. The summed E-state index contributed by atoms with van der Waals surface area (Å²) in [6, 6.07) is 0. The maximum Gasteiger partial charge on any atom is 0.332 e. The van der Waals surface area contributed by atoms with Crippen molar-refractivity contribution in [2.24, 2.45) is 14.1 Å². The van der Waals surface area contributed by atoms with E-state index < -0.39 is 213 Å². The van der Waals surface area contributed by atoms with Crippen LogP contribution in [0, 0.1) is 0 Å². The molecule has 0 spiro atoms. The van der Waals surface area contributed by atoms with Gasteiger partial charge in [-0.25, -0.2) is 24.0 Å². The SMILES string of the molecule is C.C.C.C.C=Cn1cc([C@@H]2O[C@H](CCP(=C)(C)C)[C@@H](O)[C@H]2O)c(=O)[nH]c1=O.C=P(C)(C)CC[C@H]1O[C@@H](c2cn(C)c(=O)n(C)c2=O)[C@H](O)[C@@H]1O.C=P(C)(C)CC[C@H]1O[C@@H](c2cn(CC)c(=O)[nH]c2=O)[C@H](O)[C@@H]1O.C=P(C)(C)CC[C@H]1O[C@@H](c2cn(CCC)c(=O)[nH]c2=O)[C@H](O)[C@@H]1O.C=P(C)(C)CC[C@H]1O[C@@H](c2cn(CCCC)c(=O)[nH]c2=O)[C@H](O)[C@@H]1O. The minimum Gasteiger partial charge on any atom is -0.388 e. The highest BCUT2D eigenvalue weighted by molar-refractivity contribution is 7.73. The molecule has 0 radical (unpaired) electrons. The van der Waals surface area contributed by atoms with E-state index >= 15 is 0 Å². The van der Waals surface area contributed by atoms with E-state index in [4.69, 9.17) is 23.7 Å². The molecule has 20 atom stereocenters. The van der Waals surface area contributed by atoms with E-state index in [1.54, 1.807) is 6.92 Å². The van der Waals surface area contributed by atoms with Crippen LogP contribution in [0.5, 0.6) is 0 Å². The summed E-state index contributed by atoms with van der Waals surface area (Å²) in [7, 11) is 2.90. The minimum atomic E-state index is -1.28. The fraction of sp³-hybridized carbons (Fsp3) is 0.671. The van der Waals surface area contributed by atoms with Crippen molar-refractivity contribution >= 4 is 72.1 Å². The van der Waals surface area contributed by atoms with Crippen molar-refractivity contribution in [3.63, 3.8) is 0 Å². The molecule has 5 aromatic heterocycles. The summed E-state index contributed by atoms with van der Waals surface area (Å²) in [4.78, 5) is 128. The monoisotopic (exact) mass is 1820 g/mol. The minimum absolute atomic E-state index is 0. The Morgan fingerprint density at radius 1 is 0.361 bits per heavy atom. The first kappa shape index (κ1) is 112. The summed E-state index contributed by atoms with van der Waals surface area (Å²) in [6.07, 6.45) is 19.3. The largest absolute Gasteiger partial charge is 0.388 e. The molecule has 0 unspecified atom stereocenters. The topological polar surface area (TPSA) is 512 Å². The van der Waals surface area contributed by atoms with E-state index in [-0.39, 0.29) is 57.5 Å². The maximum atomic E-state index is 12.3. The predicted octanol–water partition coefficient (Wildman–Crippen LogP) is 2.41. The Morgan fingerprint density at radius 3 is 0.877 bits per heavy atom. The Labute approximate surface area is 715 Å². The summed E-state index contributed by atoms with van der Waals surface area (Å²) in [5.41, 5.74) is -4.72. The van der Waals surface area contributed by atoms with Crippen molar-refractivity contribution in [2.75, 3.05) is 97.5 Å². The van der Waals surface area contributed by atoms with Crippen LogP contribution in [0.3, 0.4) is 0 Å². The lowest BCUT2D eigenvalue weighted by molar-refractivity contribution is 0.00476. The number of aliphatic hydroxyl groups is 10. The number of rotatable bonds is 27. The van der Waals surface area contributed by atoms with E-state index in [9.17, 15) is 99.0 Å². The van der Waals surface area contributed by atoms with Gasteiger partial charge in [0, 0.05) is 70.9 Å². The van der Waals surface area contributed by atoms with Gasteiger partial charge in [-0.2, -0.15) is 0 Å². The van der Waals surface area contributed by atoms with E-state index in [0.717, 1.165) is 59.2 Å². The predicted molar refractivity (Wildman–Crippen MR) is 501 cm³/mol. The Morgan fingerprint density at radius 2 is 0.615 bits per heavy atom. The molecule has 5 saturated heterocycles. The fourth-order valence-corrected chi connectivity index (χ4v) is 18.6. The molecule has 0 saturated carbocycles. The lowest BCUT2D eigenvalue weighted by Crippen LogP contribution is -2.40. The smallest absolute Gasteiger partial charge is 0.332 e. The second-order valence-electron chi connectivity index (χ2n) is 34.5. The average molecular weight is 1830 g/mol. The van der Waals surface area contributed by atoms with Crippen LogP contribution in [0.15, 0.2) is 85.5 Å². The molecule has 10 heterocycles. The van der Waals surface area contributed by atoms with Crippen LogP contribution in [0.4, 0.5) is 0 Å². The summed E-state index contributed by atoms with van der Waals surface area (Å²) < 4.78 is 36.2. The number of H-pyrrole nitrogens is 4. The van der Waals surface area contributed by atoms with Gasteiger partial charge in [-0.15, -0.1) is 65.9 Å². The van der Waals surface area contributed by atoms with E-state index in [1.165, 1.54) is 69.5 Å². The third-order valence-electron chi connectivity index (χ3n) is 20.8. The van der Waals surface area contributed by atoms with Gasteiger partial charge >= 0.3 is 28.4 Å². The molecule has 0 aromatic carbocycles. The quantitative estimate of drug-likeness (QED) is 0.0336. The van der Waals surface area contributed by atoms with Crippen molar-refractivity contribution in [1.82, 2.24) is 47.3 Å². The number of unbranched alkanes of at least 4 members (excludes halogenated alkanes) is 1. The number of nitrogens with one attached hydrogen (secondary N) is 4. The van der Waals surface area contributed by atoms with E-state index in [2.05, 4.69) is 125 Å². The second-order valence-corrected chi connectivity index (χ2v) is 56.0. The standard InChI is InChI=1S/C17H29N2O5P.C16H27N2O5P.2C15H25N2O5P.C15H23N2O5P.4CH4/c1-5-6-8-19-10-11(16(22)18-17(19)23)15-14(21)13(20)12(24-15)7-9-25(2,3)4;1-5-7-18-9-10(15(21)17-16(18)22)14-13(20)12(19)11(23-14)6-8-24(2,3)4;1-16-8-9(14(20)17(2)15(16)21)13-12(19)11(18)10(22-13)6-7-23(3,4)5;2*1-5-17-8-9(14(20)16-15(17)21)13-12(19)11(18)10(22-13)6-7-23(2,3)4;;;;/h10,12-15,20-21H,2,5-9H2,1,3-4H3,(H,18,22,23);9,11-14,19-20H,2,5-8H2,1,3-4H3,(H,17,21,22);8,10-13,18-19H,3,6-7H2,1-2,4-5H3;8,10-13,18-19H,2,5-7H2,1,3-4H3,(H,16,20,21);5,8,10-13,18-19H,1-2,6-7H2,3-4H3,(H,16,20,21);4*1H4/t12-,13-,14-,15+;11-,12-,13-,14+;3*10-,11-,12-,13+;;;;/m11111..../s1. The zero-order chi connectivity index (χ0) is 89.1. The normalized spacial score (nSPS) is 26.9. The average Bonchev–Trinajstić information content (AvgIpc) is 1.64. The molecule has 35 nitrogen and oxygen atoms in total. The van der Waals surface area contributed by atoms with Crippen molar-refractivity contribution in [2.45, 2.75) is 244 Å². The molecule has 5 aliphatic heterocycles. The molecule has 0 aliphatic carbocycles. The molecule has 5 fully saturated rings. The highest BCUT2D eigenvalue weighted by Gasteiger charge is 2.49. The summed E-state index contributed by atoms with van der Waals surface area (Å²) in [5.74, 6) is 0. The number of aromatic nitrogens is 10. The van der Waals surface area contributed by atoms with Gasteiger partial charge in [0.15, 0.2) is 0 Å². The van der Waals surface area contributed by atoms with Crippen LogP contribution in [0.1, 0.15) is 160 Å². The van der Waals surface area contributed by atoms with Crippen LogP contribution < -0.4 is 56.2 Å². The molecule has 5 aliphatic rings. The molecular formula is C82H145N10O25P5. The van der Waals surface area contributed by atoms with Crippen LogP contribution in [0.25, 0.3) is 6.20 Å². The fourth-order valence-electron chi connectivity index (χ4n) is 13.8. The second kappa shape index (κ2) is 47.2. The molecule has 5 aromatic rings. The van der Waals surface area contributed by atoms with Gasteiger partial charge in [-0.1, -0.05) is 56.6 Å². The lowest BCUT2D eigenvalue weighted by atomic mass is 10.0. The number of aryl methyl sites for hydroxylation is 4. The summed E-state index contributed by atoms with van der Waals surface area (Å²) in [5, 5.41) is 102. The van der Waals surface area contributed by atoms with Gasteiger partial charge in [-0.3, -0.25) is 53.0 Å². The molecule has 14 N–H and O–H groups in total. The number of ether oxygens (including phenoxy) is 5. The van der Waals surface area contributed by atoms with Crippen LogP contribution in [-0.4, -0.2) is 319 Å². The lowest BCUT2D eigenvalue weighted by Gasteiger charge is -2.18. The number of hydrogen-bond acceptors (Lipinski definition) is 25. The Bertz CT molecular complexity index is 5170. The highest BCUT2D eigenvalue weighted by Crippen LogP contribution is 2.45. The number of aromatic amines is 4. The van der Waals surface area contributed by atoms with Crippen molar-refractivity contribution in [3.8, 4) is 0 Å². The summed E-state index contributed by atoms with van der Waals surface area (Å²) >= 11 is 0. The number of hydrogen-bond donors (Lipinski definition) is 14. The van der Waals surface area contributed by atoms with E-state index in [1.807, 2.05) is 13.8 Å². The zero-order valence-corrected chi connectivity index (χ0v) is 75.1. The van der Waals surface area contributed by atoms with Gasteiger partial charge in [-0.05, 0) is 149 Å². The zero-order valence-electron chi connectivity index (χ0n) is 70.6. The van der Waals surface area contributed by atoms with Gasteiger partial charge in [0.1, 0.15) is 91.6 Å². The van der Waals surface area contributed by atoms with Crippen LogP contribution >= 0.6 is 34.4 Å². The maximum absolute atomic E-state index is 12.3. The molecule has 0 amide bonds.